The molecule has 124 valence electrons. The molecule has 0 heterocycles. The van der Waals surface area contributed by atoms with Crippen LogP contribution < -0.4 is 0 Å². The van der Waals surface area contributed by atoms with E-state index in [1.807, 2.05) is 0 Å². The van der Waals surface area contributed by atoms with Crippen LogP contribution in [0.3, 0.4) is 0 Å². The van der Waals surface area contributed by atoms with Gasteiger partial charge in [-0.1, -0.05) is 54.4 Å². The van der Waals surface area contributed by atoms with Gasteiger partial charge in [0.1, 0.15) is 0 Å². The average molecular weight is 321 g/mol. The normalized spacial score (nSPS) is 54.1. The van der Waals surface area contributed by atoms with E-state index in [-0.39, 0.29) is 0 Å². The van der Waals surface area contributed by atoms with Crippen molar-refractivity contribution in [2.24, 2.45) is 46.3 Å². The van der Waals surface area contributed by atoms with Crippen molar-refractivity contribution in [3.05, 3.63) is 0 Å². The number of fused-ring (bicyclic) bond motifs is 4. The van der Waals surface area contributed by atoms with Gasteiger partial charge < -0.3 is 0 Å². The molecule has 0 spiro atoms. The first-order chi connectivity index (χ1) is 10.2. The van der Waals surface area contributed by atoms with Crippen LogP contribution in [0.25, 0.3) is 0 Å². The van der Waals surface area contributed by atoms with Gasteiger partial charge in [-0.25, -0.2) is 0 Å². The van der Waals surface area contributed by atoms with E-state index in [0.29, 0.717) is 17.0 Å². The Labute approximate surface area is 143 Å². The molecule has 0 saturated heterocycles. The van der Waals surface area contributed by atoms with E-state index in [4.69, 9.17) is 11.5 Å². The molecule has 0 unspecified atom stereocenters. The molecule has 6 aliphatic carbocycles. The van der Waals surface area contributed by atoms with Crippen molar-refractivity contribution in [3.63, 3.8) is 0 Å². The molecule has 6 aliphatic rings. The molecule has 6 fully saturated rings. The second-order valence-corrected chi connectivity index (χ2v) is 11.2. The van der Waals surface area contributed by atoms with E-state index in [1.165, 1.54) is 25.7 Å². The molecule has 6 rings (SSSR count). The Bertz CT molecular complexity index is 428. The smallest absolute Gasteiger partial charge is 0.195 e. The summed E-state index contributed by atoms with van der Waals surface area (Å²) in [6.07, 6.45) is 6.20. The summed E-state index contributed by atoms with van der Waals surface area (Å²) in [5.41, 5.74) is 1.18. The molecule has 4 bridgehead atoms. The molecule has 0 amide bonds. The topological polar surface area (TPSA) is 0 Å². The molecule has 0 nitrogen and oxygen atoms in total. The van der Waals surface area contributed by atoms with Crippen molar-refractivity contribution in [1.82, 2.24) is 0 Å². The lowest BCUT2D eigenvalue weighted by atomic mass is 9.30. The molecule has 0 aromatic carbocycles. The van der Waals surface area contributed by atoms with Crippen molar-refractivity contribution in [3.8, 4) is 0 Å². The summed E-state index contributed by atoms with van der Waals surface area (Å²) < 4.78 is 0. The van der Waals surface area contributed by atoms with Crippen LogP contribution in [0, 0.1) is 46.3 Å². The van der Waals surface area contributed by atoms with Crippen LogP contribution in [0.4, 0.5) is 0 Å². The third kappa shape index (κ3) is 1.84. The molecule has 6 saturated carbocycles. The van der Waals surface area contributed by atoms with Crippen LogP contribution in [0.15, 0.2) is 0 Å². The molecule has 2 heteroatoms. The van der Waals surface area contributed by atoms with Gasteiger partial charge in [-0.3, -0.25) is 0 Å². The largest absolute Gasteiger partial charge is 0.257 e. The summed E-state index contributed by atoms with van der Waals surface area (Å²) in [6, 6.07) is 0. The van der Waals surface area contributed by atoms with Crippen LogP contribution in [0.2, 0.25) is 11.6 Å². The minimum atomic E-state index is 0.438. The lowest BCUT2D eigenvalue weighted by molar-refractivity contribution is -0.106. The lowest BCUT2D eigenvalue weighted by Gasteiger charge is -2.65. The van der Waals surface area contributed by atoms with Crippen LogP contribution in [-0.2, 0) is 0 Å². The quantitative estimate of drug-likeness (QED) is 0.519. The van der Waals surface area contributed by atoms with E-state index >= 15 is 0 Å². The predicted molar refractivity (Wildman–Crippen MR) is 97.4 cm³/mol. The Kier molecular flexibility index (Phi) is 3.39. The fourth-order valence-corrected chi connectivity index (χ4v) is 8.20. The van der Waals surface area contributed by atoms with Gasteiger partial charge in [0.05, 0.1) is 0 Å². The fraction of sp³-hybridized carbons (Fsp3) is 1.00. The first-order valence-electron chi connectivity index (χ1n) is 9.79. The second-order valence-electron chi connectivity index (χ2n) is 10.7. The molecule has 0 N–H and O–H groups in total. The standard InChI is InChI=1S/C20H34BCl/c1-11-15-7-13(19(15,3)4)9-17(11)21(22)18-10-14-8-16(12(18)2)20(14,5)6/h11-18H,7-10H2,1-6H3/t11-,12+,13-,14-,15+,16-,17+,18-/m1/s1. The van der Waals surface area contributed by atoms with Crippen LogP contribution >= 0.6 is 11.5 Å². The van der Waals surface area contributed by atoms with Crippen molar-refractivity contribution < 1.29 is 0 Å². The monoisotopic (exact) mass is 320 g/mol. The Morgan fingerprint density at radius 1 is 0.727 bits per heavy atom. The van der Waals surface area contributed by atoms with Gasteiger partial charge in [0.15, 0.2) is 0 Å². The maximum Gasteiger partial charge on any atom is 0.257 e. The summed E-state index contributed by atoms with van der Waals surface area (Å²) in [4.78, 5) is 0. The van der Waals surface area contributed by atoms with Crippen molar-refractivity contribution in [1.29, 1.82) is 0 Å². The molecule has 22 heavy (non-hydrogen) atoms. The first-order valence-corrected chi connectivity index (χ1v) is 10.2. The first kappa shape index (κ1) is 15.9. The highest BCUT2D eigenvalue weighted by Gasteiger charge is 2.62. The van der Waals surface area contributed by atoms with E-state index < -0.39 is 0 Å². The van der Waals surface area contributed by atoms with E-state index in [9.17, 15) is 0 Å². The minimum Gasteiger partial charge on any atom is -0.195 e. The SMILES string of the molecule is C[C@H]1[C@H]2C[C@H](C[C@H]1B(Cl)[C@H]1C[C@H]3C[C@@H]([C@H]1C)C3(C)C)C2(C)C. The summed E-state index contributed by atoms with van der Waals surface area (Å²) >= 11 is 7.19. The van der Waals surface area contributed by atoms with Crippen LogP contribution in [0.5, 0.6) is 0 Å². The Morgan fingerprint density at radius 2 is 1.09 bits per heavy atom. The maximum atomic E-state index is 7.19. The van der Waals surface area contributed by atoms with Crippen molar-refractivity contribution in [2.75, 3.05) is 0 Å². The van der Waals surface area contributed by atoms with Crippen LogP contribution in [-0.4, -0.2) is 6.13 Å². The predicted octanol–water partition coefficient (Wildman–Crippen LogP) is 6.36. The Balaban J connectivity index is 1.49. The molecular weight excluding hydrogens is 286 g/mol. The highest BCUT2D eigenvalue weighted by molar-refractivity contribution is 7.08. The van der Waals surface area contributed by atoms with E-state index in [2.05, 4.69) is 41.5 Å². The Morgan fingerprint density at radius 3 is 1.36 bits per heavy atom. The van der Waals surface area contributed by atoms with Gasteiger partial charge in [0.25, 0.3) is 6.13 Å². The van der Waals surface area contributed by atoms with Gasteiger partial charge in [-0.05, 0) is 70.8 Å². The molecule has 0 radical (unpaired) electrons. The highest BCUT2D eigenvalue weighted by atomic mass is 35.5. The Hall–Kier alpha value is 0.355. The minimum absolute atomic E-state index is 0.438. The number of rotatable bonds is 2. The second kappa shape index (κ2) is 4.71. The van der Waals surface area contributed by atoms with Gasteiger partial charge in [0.2, 0.25) is 0 Å². The number of halogens is 1. The molecule has 0 aromatic heterocycles. The zero-order valence-corrected chi connectivity index (χ0v) is 16.2. The summed E-state index contributed by atoms with van der Waals surface area (Å²) in [7, 11) is 0. The van der Waals surface area contributed by atoms with Gasteiger partial charge in [-0.2, -0.15) is 11.5 Å². The van der Waals surface area contributed by atoms with E-state index in [0.717, 1.165) is 47.1 Å². The fourth-order valence-electron chi connectivity index (χ4n) is 7.54. The lowest BCUT2D eigenvalue weighted by Crippen LogP contribution is -2.58. The maximum absolute atomic E-state index is 7.19. The van der Waals surface area contributed by atoms with Gasteiger partial charge in [-0.15, -0.1) is 0 Å². The summed E-state index contributed by atoms with van der Waals surface area (Å²) in [5, 5.41) is 0. The van der Waals surface area contributed by atoms with E-state index in [1.54, 1.807) is 0 Å². The molecule has 8 atom stereocenters. The zero-order valence-electron chi connectivity index (χ0n) is 15.4. The average Bonchev–Trinajstić information content (AvgIpc) is 2.45. The van der Waals surface area contributed by atoms with Crippen molar-refractivity contribution in [2.45, 2.75) is 78.9 Å². The summed E-state index contributed by atoms with van der Waals surface area (Å²) in [5.74, 6) is 7.00. The third-order valence-corrected chi connectivity index (χ3v) is 10.3. The van der Waals surface area contributed by atoms with Gasteiger partial charge >= 0.3 is 0 Å². The third-order valence-electron chi connectivity index (χ3n) is 9.64. The molecule has 0 aliphatic heterocycles. The van der Waals surface area contributed by atoms with Gasteiger partial charge in [0, 0.05) is 0 Å². The number of hydrogen-bond donors (Lipinski definition) is 0. The van der Waals surface area contributed by atoms with Crippen LogP contribution in [0.1, 0.15) is 67.2 Å². The van der Waals surface area contributed by atoms with Crippen molar-refractivity contribution >= 4 is 17.6 Å². The molecular formula is C20H34BCl. The summed E-state index contributed by atoms with van der Waals surface area (Å²) in [6.45, 7) is 15.0. The highest BCUT2D eigenvalue weighted by Crippen LogP contribution is 2.69. The molecule has 0 aromatic rings. The number of hydrogen-bond acceptors (Lipinski definition) is 0. The zero-order chi connectivity index (χ0) is 16.0.